The molecular formula is C16H9ClF3N3OS. The highest BCUT2D eigenvalue weighted by atomic mass is 35.5. The van der Waals surface area contributed by atoms with Crippen LogP contribution >= 0.6 is 23.8 Å². The Balaban J connectivity index is 1.94. The highest BCUT2D eigenvalue weighted by molar-refractivity contribution is 7.71. The number of alkyl halides is 3. The SMILES string of the molecule is O=C(c1ccc(-n2cn[nH]c2=S)cc1)c1ccc(Cl)c(C(F)(F)F)c1. The summed E-state index contributed by atoms with van der Waals surface area (Å²) < 4.78 is 40.7. The lowest BCUT2D eigenvalue weighted by Gasteiger charge is -2.10. The fourth-order valence-corrected chi connectivity index (χ4v) is 2.69. The number of nitrogens with zero attached hydrogens (tertiary/aromatic N) is 2. The number of carbonyl (C=O) groups is 1. The first-order valence-electron chi connectivity index (χ1n) is 6.91. The van der Waals surface area contributed by atoms with Crippen molar-refractivity contribution >= 4 is 29.6 Å². The Morgan fingerprint density at radius 3 is 2.32 bits per heavy atom. The van der Waals surface area contributed by atoms with Crippen LogP contribution in [-0.4, -0.2) is 20.5 Å². The van der Waals surface area contributed by atoms with Gasteiger partial charge in [-0.3, -0.25) is 14.5 Å². The summed E-state index contributed by atoms with van der Waals surface area (Å²) in [5.41, 5.74) is -0.220. The van der Waals surface area contributed by atoms with E-state index in [4.69, 9.17) is 23.8 Å². The number of ketones is 1. The number of nitrogens with one attached hydrogen (secondary N) is 1. The van der Waals surface area contributed by atoms with Gasteiger partial charge in [0.25, 0.3) is 0 Å². The molecule has 0 fully saturated rings. The number of aromatic amines is 1. The van der Waals surface area contributed by atoms with E-state index >= 15 is 0 Å². The highest BCUT2D eigenvalue weighted by Crippen LogP contribution is 2.35. The first kappa shape index (κ1) is 17.4. The molecule has 1 aromatic heterocycles. The van der Waals surface area contributed by atoms with Gasteiger partial charge in [0.1, 0.15) is 6.33 Å². The molecule has 3 rings (SSSR count). The molecule has 0 radical (unpaired) electrons. The molecule has 3 aromatic rings. The van der Waals surface area contributed by atoms with Gasteiger partial charge in [0, 0.05) is 16.8 Å². The Morgan fingerprint density at radius 1 is 1.12 bits per heavy atom. The van der Waals surface area contributed by atoms with Crippen molar-refractivity contribution in [2.45, 2.75) is 6.18 Å². The summed E-state index contributed by atoms with van der Waals surface area (Å²) >= 11 is 10.6. The Bertz CT molecular complexity index is 993. The maximum atomic E-state index is 12.9. The smallest absolute Gasteiger partial charge is 0.289 e. The predicted molar refractivity (Wildman–Crippen MR) is 88.6 cm³/mol. The maximum Gasteiger partial charge on any atom is 0.417 e. The van der Waals surface area contributed by atoms with Crippen molar-refractivity contribution < 1.29 is 18.0 Å². The summed E-state index contributed by atoms with van der Waals surface area (Å²) in [7, 11) is 0. The van der Waals surface area contributed by atoms with Gasteiger partial charge >= 0.3 is 6.18 Å². The van der Waals surface area contributed by atoms with Gasteiger partial charge in [-0.15, -0.1) is 0 Å². The van der Waals surface area contributed by atoms with Crippen LogP contribution in [0.4, 0.5) is 13.2 Å². The van der Waals surface area contributed by atoms with E-state index in [1.54, 1.807) is 16.7 Å². The van der Waals surface area contributed by atoms with Crippen molar-refractivity contribution in [3.05, 3.63) is 75.3 Å². The van der Waals surface area contributed by atoms with Crippen molar-refractivity contribution in [2.24, 2.45) is 0 Å². The van der Waals surface area contributed by atoms with Crippen molar-refractivity contribution in [1.29, 1.82) is 0 Å². The molecule has 0 unspecified atom stereocenters. The zero-order valence-electron chi connectivity index (χ0n) is 12.3. The van der Waals surface area contributed by atoms with E-state index in [9.17, 15) is 18.0 Å². The molecule has 128 valence electrons. The van der Waals surface area contributed by atoms with Crippen molar-refractivity contribution in [2.75, 3.05) is 0 Å². The topological polar surface area (TPSA) is 50.7 Å². The van der Waals surface area contributed by atoms with Crippen LogP contribution in [0.15, 0.2) is 48.8 Å². The second-order valence-electron chi connectivity index (χ2n) is 5.10. The number of benzene rings is 2. The average Bonchev–Trinajstić information content (AvgIpc) is 3.00. The molecule has 1 N–H and O–H groups in total. The lowest BCUT2D eigenvalue weighted by atomic mass is 10.0. The number of halogens is 4. The Kier molecular flexibility index (Phi) is 4.49. The zero-order valence-corrected chi connectivity index (χ0v) is 13.9. The largest absolute Gasteiger partial charge is 0.417 e. The fourth-order valence-electron chi connectivity index (χ4n) is 2.26. The van der Waals surface area contributed by atoms with Gasteiger partial charge in [-0.1, -0.05) is 11.6 Å². The molecular weight excluding hydrogens is 375 g/mol. The number of hydrogen-bond acceptors (Lipinski definition) is 3. The van der Waals surface area contributed by atoms with Crippen LogP contribution in [-0.2, 0) is 6.18 Å². The van der Waals surface area contributed by atoms with Crippen molar-refractivity contribution in [1.82, 2.24) is 14.8 Å². The summed E-state index contributed by atoms with van der Waals surface area (Å²) in [6.45, 7) is 0. The molecule has 4 nitrogen and oxygen atoms in total. The molecule has 0 atom stereocenters. The predicted octanol–water partition coefficient (Wildman–Crippen LogP) is 4.83. The van der Waals surface area contributed by atoms with E-state index < -0.39 is 22.5 Å². The molecule has 0 aliphatic heterocycles. The molecule has 0 saturated carbocycles. The minimum atomic E-state index is -4.63. The van der Waals surface area contributed by atoms with Gasteiger partial charge in [-0.25, -0.2) is 0 Å². The summed E-state index contributed by atoms with van der Waals surface area (Å²) in [5, 5.41) is 5.94. The van der Waals surface area contributed by atoms with Gasteiger partial charge in [-0.2, -0.15) is 18.3 Å². The van der Waals surface area contributed by atoms with Gasteiger partial charge in [0.2, 0.25) is 0 Å². The van der Waals surface area contributed by atoms with E-state index in [-0.39, 0.29) is 11.1 Å². The molecule has 0 spiro atoms. The number of aromatic nitrogens is 3. The van der Waals surface area contributed by atoms with Gasteiger partial charge in [0.05, 0.1) is 10.6 Å². The third kappa shape index (κ3) is 3.49. The van der Waals surface area contributed by atoms with E-state index in [1.165, 1.54) is 24.5 Å². The van der Waals surface area contributed by atoms with Crippen LogP contribution < -0.4 is 0 Å². The normalized spacial score (nSPS) is 11.5. The summed E-state index contributed by atoms with van der Waals surface area (Å²) in [6, 6.07) is 9.35. The van der Waals surface area contributed by atoms with Gasteiger partial charge in [-0.05, 0) is 54.7 Å². The van der Waals surface area contributed by atoms with Crippen LogP contribution in [0.5, 0.6) is 0 Å². The molecule has 2 aromatic carbocycles. The number of rotatable bonds is 3. The van der Waals surface area contributed by atoms with E-state index in [0.29, 0.717) is 10.5 Å². The van der Waals surface area contributed by atoms with Crippen LogP contribution in [0.1, 0.15) is 21.5 Å². The zero-order chi connectivity index (χ0) is 18.2. The minimum Gasteiger partial charge on any atom is -0.289 e. The van der Waals surface area contributed by atoms with Gasteiger partial charge in [0.15, 0.2) is 10.6 Å². The van der Waals surface area contributed by atoms with Crippen LogP contribution in [0.2, 0.25) is 5.02 Å². The first-order valence-corrected chi connectivity index (χ1v) is 7.70. The molecule has 0 aliphatic rings. The number of H-pyrrole nitrogens is 1. The monoisotopic (exact) mass is 383 g/mol. The Morgan fingerprint density at radius 2 is 1.76 bits per heavy atom. The van der Waals surface area contributed by atoms with Crippen LogP contribution in [0.25, 0.3) is 5.69 Å². The van der Waals surface area contributed by atoms with E-state index in [2.05, 4.69) is 10.2 Å². The quantitative estimate of drug-likeness (QED) is 0.520. The molecule has 0 saturated heterocycles. The van der Waals surface area contributed by atoms with Crippen molar-refractivity contribution in [3.8, 4) is 5.69 Å². The first-order chi connectivity index (χ1) is 11.8. The highest BCUT2D eigenvalue weighted by Gasteiger charge is 2.33. The van der Waals surface area contributed by atoms with Crippen LogP contribution in [0, 0.1) is 4.77 Å². The van der Waals surface area contributed by atoms with E-state index in [0.717, 1.165) is 12.1 Å². The molecule has 0 bridgehead atoms. The molecule has 1 heterocycles. The second-order valence-corrected chi connectivity index (χ2v) is 5.89. The summed E-state index contributed by atoms with van der Waals surface area (Å²) in [5.74, 6) is -0.537. The minimum absolute atomic E-state index is 0.0932. The Hall–Kier alpha value is -2.45. The van der Waals surface area contributed by atoms with Crippen LogP contribution in [0.3, 0.4) is 0 Å². The third-order valence-electron chi connectivity index (χ3n) is 3.49. The van der Waals surface area contributed by atoms with Gasteiger partial charge < -0.3 is 0 Å². The van der Waals surface area contributed by atoms with E-state index in [1.807, 2.05) is 0 Å². The molecule has 9 heteroatoms. The molecule has 0 amide bonds. The lowest BCUT2D eigenvalue weighted by molar-refractivity contribution is -0.137. The fraction of sp³-hybridized carbons (Fsp3) is 0.0625. The maximum absolute atomic E-state index is 12.9. The number of carbonyl (C=O) groups excluding carboxylic acids is 1. The summed E-state index contributed by atoms with van der Waals surface area (Å²) in [6.07, 6.45) is -3.15. The second kappa shape index (κ2) is 6.45. The standard InChI is InChI=1S/C16H9ClF3N3OS/c17-13-6-3-10(7-12(13)16(18,19)20)14(24)9-1-4-11(5-2-9)23-8-21-22-15(23)25/h1-8H,(H,22,25). The Labute approximate surface area is 149 Å². The molecule has 25 heavy (non-hydrogen) atoms. The third-order valence-corrected chi connectivity index (χ3v) is 4.11. The lowest BCUT2D eigenvalue weighted by Crippen LogP contribution is -2.09. The summed E-state index contributed by atoms with van der Waals surface area (Å²) in [4.78, 5) is 12.4. The van der Waals surface area contributed by atoms with Crippen molar-refractivity contribution in [3.63, 3.8) is 0 Å². The number of hydrogen-bond donors (Lipinski definition) is 1. The average molecular weight is 384 g/mol. The molecule has 0 aliphatic carbocycles.